The zero-order valence-electron chi connectivity index (χ0n) is 11.1. The summed E-state index contributed by atoms with van der Waals surface area (Å²) in [6.07, 6.45) is 1.92. The molecule has 110 valence electrons. The van der Waals surface area contributed by atoms with Gasteiger partial charge in [0.1, 0.15) is 16.9 Å². The van der Waals surface area contributed by atoms with E-state index < -0.39 is 10.8 Å². The Hall–Kier alpha value is -1.99. The first-order chi connectivity index (χ1) is 10.0. The van der Waals surface area contributed by atoms with Crippen molar-refractivity contribution in [2.45, 2.75) is 19.9 Å². The van der Waals surface area contributed by atoms with Crippen LogP contribution in [-0.2, 0) is 13.0 Å². The van der Waals surface area contributed by atoms with Gasteiger partial charge in [0.05, 0.1) is 11.5 Å². The van der Waals surface area contributed by atoms with Crippen LogP contribution in [0.1, 0.15) is 27.0 Å². The topological polar surface area (TPSA) is 85.1 Å². The summed E-state index contributed by atoms with van der Waals surface area (Å²) < 4.78 is 0. The fraction of sp³-hybridized carbons (Fsp3) is 0.231. The number of thiophene rings is 1. The summed E-state index contributed by atoms with van der Waals surface area (Å²) in [7, 11) is 0. The lowest BCUT2D eigenvalue weighted by Crippen LogP contribution is -2.23. The molecular weight excluding hydrogens is 314 g/mol. The quantitative estimate of drug-likeness (QED) is 0.519. The van der Waals surface area contributed by atoms with Crippen molar-refractivity contribution in [3.63, 3.8) is 0 Å². The Kier molecular flexibility index (Phi) is 4.87. The molecule has 0 aliphatic rings. The van der Waals surface area contributed by atoms with Gasteiger partial charge in [-0.2, -0.15) is 0 Å². The van der Waals surface area contributed by atoms with E-state index in [-0.39, 0.29) is 16.4 Å². The molecule has 21 heavy (non-hydrogen) atoms. The van der Waals surface area contributed by atoms with Gasteiger partial charge in [-0.3, -0.25) is 14.9 Å². The molecule has 2 aromatic heterocycles. The molecule has 0 atom stereocenters. The van der Waals surface area contributed by atoms with Gasteiger partial charge in [-0.1, -0.05) is 18.5 Å². The second-order valence-corrected chi connectivity index (χ2v) is 5.83. The fourth-order valence-corrected chi connectivity index (χ4v) is 2.78. The third kappa shape index (κ3) is 3.77. The van der Waals surface area contributed by atoms with Crippen LogP contribution < -0.4 is 5.32 Å². The summed E-state index contributed by atoms with van der Waals surface area (Å²) in [4.78, 5) is 28.1. The maximum atomic E-state index is 12.1. The van der Waals surface area contributed by atoms with Crippen LogP contribution in [0.4, 0.5) is 5.69 Å². The summed E-state index contributed by atoms with van der Waals surface area (Å²) in [6.45, 7) is 2.37. The van der Waals surface area contributed by atoms with Crippen molar-refractivity contribution in [3.05, 3.63) is 55.0 Å². The Morgan fingerprint density at radius 3 is 2.81 bits per heavy atom. The van der Waals surface area contributed by atoms with Crippen molar-refractivity contribution in [3.8, 4) is 0 Å². The Bertz CT molecular complexity index is 687. The molecule has 0 aliphatic carbocycles. The standard InChI is InChI=1S/C13H12ClN3O3S/c1-2-8-3-4-9(21-8)6-16-13(18)10-5-12(14)15-7-11(10)17(19)20/h3-5,7H,2,6H2,1H3,(H,16,18). The number of nitro groups is 1. The highest BCUT2D eigenvalue weighted by molar-refractivity contribution is 7.11. The number of aryl methyl sites for hydroxylation is 1. The van der Waals surface area contributed by atoms with E-state index in [1.165, 1.54) is 10.9 Å². The maximum Gasteiger partial charge on any atom is 0.300 e. The van der Waals surface area contributed by atoms with E-state index in [4.69, 9.17) is 11.6 Å². The van der Waals surface area contributed by atoms with Gasteiger partial charge in [-0.15, -0.1) is 11.3 Å². The minimum absolute atomic E-state index is 0.0372. The molecule has 0 saturated heterocycles. The number of nitrogens with zero attached hydrogens (tertiary/aromatic N) is 2. The fourth-order valence-electron chi connectivity index (χ4n) is 1.72. The van der Waals surface area contributed by atoms with E-state index in [1.807, 2.05) is 12.1 Å². The number of carbonyl (C=O) groups is 1. The normalized spacial score (nSPS) is 10.4. The Balaban J connectivity index is 2.13. The lowest BCUT2D eigenvalue weighted by Gasteiger charge is -2.04. The average molecular weight is 326 g/mol. The van der Waals surface area contributed by atoms with Crippen molar-refractivity contribution >= 4 is 34.5 Å². The van der Waals surface area contributed by atoms with Gasteiger partial charge in [-0.05, 0) is 24.6 Å². The second-order valence-electron chi connectivity index (χ2n) is 4.19. The van der Waals surface area contributed by atoms with E-state index in [1.54, 1.807) is 11.3 Å². The molecule has 0 aromatic carbocycles. The number of rotatable bonds is 5. The first-order valence-electron chi connectivity index (χ1n) is 6.17. The highest BCUT2D eigenvalue weighted by Crippen LogP contribution is 2.21. The molecular formula is C13H12ClN3O3S. The van der Waals surface area contributed by atoms with Crippen molar-refractivity contribution in [2.75, 3.05) is 0 Å². The van der Waals surface area contributed by atoms with Crippen molar-refractivity contribution in [1.82, 2.24) is 10.3 Å². The number of amides is 1. The number of pyridine rings is 1. The number of aromatic nitrogens is 1. The van der Waals surface area contributed by atoms with E-state index in [0.29, 0.717) is 6.54 Å². The van der Waals surface area contributed by atoms with Crippen LogP contribution in [0.25, 0.3) is 0 Å². The predicted molar refractivity (Wildman–Crippen MR) is 80.8 cm³/mol. The molecule has 2 aromatic rings. The van der Waals surface area contributed by atoms with Gasteiger partial charge >= 0.3 is 0 Å². The first-order valence-corrected chi connectivity index (χ1v) is 7.36. The Morgan fingerprint density at radius 1 is 1.48 bits per heavy atom. The summed E-state index contributed by atoms with van der Waals surface area (Å²) in [5.74, 6) is -0.544. The lowest BCUT2D eigenvalue weighted by molar-refractivity contribution is -0.385. The van der Waals surface area contributed by atoms with Crippen LogP contribution in [0.5, 0.6) is 0 Å². The highest BCUT2D eigenvalue weighted by Gasteiger charge is 2.21. The lowest BCUT2D eigenvalue weighted by atomic mass is 10.2. The zero-order valence-corrected chi connectivity index (χ0v) is 12.7. The van der Waals surface area contributed by atoms with Gasteiger partial charge in [0, 0.05) is 9.75 Å². The van der Waals surface area contributed by atoms with Gasteiger partial charge in [0.15, 0.2) is 0 Å². The third-order valence-corrected chi connectivity index (χ3v) is 4.22. The van der Waals surface area contributed by atoms with Crippen molar-refractivity contribution < 1.29 is 9.72 Å². The molecule has 0 radical (unpaired) electrons. The van der Waals surface area contributed by atoms with Crippen LogP contribution in [-0.4, -0.2) is 15.8 Å². The van der Waals surface area contributed by atoms with Crippen molar-refractivity contribution in [1.29, 1.82) is 0 Å². The van der Waals surface area contributed by atoms with E-state index >= 15 is 0 Å². The van der Waals surface area contributed by atoms with Crippen LogP contribution in [0.15, 0.2) is 24.4 Å². The SMILES string of the molecule is CCc1ccc(CNC(=O)c2cc(Cl)ncc2[N+](=O)[O-])s1. The predicted octanol–water partition coefficient (Wildman–Crippen LogP) is 3.20. The van der Waals surface area contributed by atoms with E-state index in [0.717, 1.165) is 17.5 Å². The van der Waals surface area contributed by atoms with Crippen LogP contribution in [0.2, 0.25) is 5.15 Å². The third-order valence-electron chi connectivity index (χ3n) is 2.78. The molecule has 6 nitrogen and oxygen atoms in total. The molecule has 0 bridgehead atoms. The molecule has 0 spiro atoms. The van der Waals surface area contributed by atoms with Gasteiger partial charge in [-0.25, -0.2) is 4.98 Å². The van der Waals surface area contributed by atoms with Gasteiger partial charge < -0.3 is 5.32 Å². The second kappa shape index (κ2) is 6.64. The molecule has 1 amide bonds. The van der Waals surface area contributed by atoms with E-state index in [9.17, 15) is 14.9 Å². The summed E-state index contributed by atoms with van der Waals surface area (Å²) >= 11 is 7.29. The van der Waals surface area contributed by atoms with Gasteiger partial charge in [0.2, 0.25) is 0 Å². The van der Waals surface area contributed by atoms with Crippen LogP contribution in [0, 0.1) is 10.1 Å². The number of hydrogen-bond acceptors (Lipinski definition) is 5. The monoisotopic (exact) mass is 325 g/mol. The largest absolute Gasteiger partial charge is 0.347 e. The minimum atomic E-state index is -0.654. The average Bonchev–Trinajstić information content (AvgIpc) is 2.92. The molecule has 2 rings (SSSR count). The first kappa shape index (κ1) is 15.4. The molecule has 1 N–H and O–H groups in total. The molecule has 2 heterocycles. The zero-order chi connectivity index (χ0) is 15.4. The Morgan fingerprint density at radius 2 is 2.19 bits per heavy atom. The summed E-state index contributed by atoms with van der Waals surface area (Å²) in [6, 6.07) is 5.12. The molecule has 8 heteroatoms. The van der Waals surface area contributed by atoms with Gasteiger partial charge in [0.25, 0.3) is 11.6 Å². The van der Waals surface area contributed by atoms with Crippen molar-refractivity contribution in [2.24, 2.45) is 0 Å². The number of nitrogens with one attached hydrogen (secondary N) is 1. The maximum absolute atomic E-state index is 12.1. The van der Waals surface area contributed by atoms with Crippen LogP contribution >= 0.6 is 22.9 Å². The molecule has 0 saturated carbocycles. The smallest absolute Gasteiger partial charge is 0.300 e. The van der Waals surface area contributed by atoms with E-state index in [2.05, 4.69) is 17.2 Å². The Labute approximate surface area is 129 Å². The number of carbonyl (C=O) groups excluding carboxylic acids is 1. The molecule has 0 aliphatic heterocycles. The summed E-state index contributed by atoms with van der Waals surface area (Å²) in [5, 5.41) is 13.6. The van der Waals surface area contributed by atoms with Crippen LogP contribution in [0.3, 0.4) is 0 Å². The molecule has 0 fully saturated rings. The number of halogens is 1. The number of hydrogen-bond donors (Lipinski definition) is 1. The minimum Gasteiger partial charge on any atom is -0.347 e. The summed E-state index contributed by atoms with van der Waals surface area (Å²) in [5.41, 5.74) is -0.454. The highest BCUT2D eigenvalue weighted by atomic mass is 35.5. The molecule has 0 unspecified atom stereocenters.